The number of aromatic nitrogens is 1. The minimum atomic E-state index is -0.444. The minimum absolute atomic E-state index is 0.262. The first kappa shape index (κ1) is 21.0. The molecular formula is C22H23ClFN3O2. The second-order valence-corrected chi connectivity index (χ2v) is 7.37. The second kappa shape index (κ2) is 9.20. The molecule has 2 aromatic carbocycles. The summed E-state index contributed by atoms with van der Waals surface area (Å²) in [6, 6.07) is 13.2. The summed E-state index contributed by atoms with van der Waals surface area (Å²) in [6.07, 6.45) is 0. The molecule has 3 rings (SSSR count). The molecule has 0 aliphatic rings. The Kier molecular flexibility index (Phi) is 6.67. The Balaban J connectivity index is 2.00. The molecule has 0 saturated carbocycles. The van der Waals surface area contributed by atoms with E-state index in [9.17, 15) is 9.18 Å². The number of rotatable bonds is 7. The van der Waals surface area contributed by atoms with Gasteiger partial charge in [0.15, 0.2) is 0 Å². The van der Waals surface area contributed by atoms with Crippen molar-refractivity contribution in [3.8, 4) is 0 Å². The zero-order valence-electron chi connectivity index (χ0n) is 16.7. The molecule has 0 radical (unpaired) electrons. The lowest BCUT2D eigenvalue weighted by molar-refractivity contribution is 0.0680. The van der Waals surface area contributed by atoms with Gasteiger partial charge in [-0.15, -0.1) is 0 Å². The minimum Gasteiger partial charge on any atom is -0.383 e. The Morgan fingerprint density at radius 2 is 1.97 bits per heavy atom. The van der Waals surface area contributed by atoms with E-state index in [-0.39, 0.29) is 5.91 Å². The number of methoxy groups -OCH3 is 1. The Morgan fingerprint density at radius 1 is 1.17 bits per heavy atom. The number of fused-ring (bicyclic) bond motifs is 1. The zero-order valence-corrected chi connectivity index (χ0v) is 17.4. The van der Waals surface area contributed by atoms with Crippen LogP contribution in [0.5, 0.6) is 0 Å². The van der Waals surface area contributed by atoms with Crippen LogP contribution in [0.25, 0.3) is 10.9 Å². The quantitative estimate of drug-likeness (QED) is 0.574. The van der Waals surface area contributed by atoms with Gasteiger partial charge in [-0.3, -0.25) is 4.79 Å². The topological polar surface area (TPSA) is 45.7 Å². The molecule has 0 spiro atoms. The van der Waals surface area contributed by atoms with Crippen molar-refractivity contribution in [1.82, 2.24) is 9.88 Å². The van der Waals surface area contributed by atoms with Crippen LogP contribution in [-0.2, 0) is 11.3 Å². The molecule has 3 aromatic rings. The summed E-state index contributed by atoms with van der Waals surface area (Å²) < 4.78 is 18.8. The predicted molar refractivity (Wildman–Crippen MR) is 114 cm³/mol. The lowest BCUT2D eigenvalue weighted by atomic mass is 10.1. The summed E-state index contributed by atoms with van der Waals surface area (Å²) in [5, 5.41) is 1.55. The normalized spacial score (nSPS) is 10.9. The van der Waals surface area contributed by atoms with Crippen molar-refractivity contribution in [3.05, 3.63) is 70.5 Å². The summed E-state index contributed by atoms with van der Waals surface area (Å²) >= 11 is 6.10. The van der Waals surface area contributed by atoms with E-state index in [0.717, 1.165) is 22.3 Å². The molecule has 7 heteroatoms. The van der Waals surface area contributed by atoms with Crippen LogP contribution >= 0.6 is 11.6 Å². The van der Waals surface area contributed by atoms with Gasteiger partial charge in [0.25, 0.3) is 5.91 Å². The molecule has 5 nitrogen and oxygen atoms in total. The van der Waals surface area contributed by atoms with Gasteiger partial charge in [0.1, 0.15) is 11.6 Å². The standard InChI is InChI=1S/C22H23ClFN3O2/c1-26(2)21-17(11-15-7-8-18(23)13-20(15)25-21)14-27(9-10-29-3)22(28)16-5-4-6-19(24)12-16/h4-8,11-13H,9-10,14H2,1-3H3. The molecule has 0 bridgehead atoms. The maximum atomic E-state index is 13.6. The highest BCUT2D eigenvalue weighted by molar-refractivity contribution is 6.31. The molecule has 29 heavy (non-hydrogen) atoms. The van der Waals surface area contributed by atoms with E-state index >= 15 is 0 Å². The summed E-state index contributed by atoms with van der Waals surface area (Å²) in [6.45, 7) is 1.06. The van der Waals surface area contributed by atoms with Crippen molar-refractivity contribution in [2.24, 2.45) is 0 Å². The van der Waals surface area contributed by atoms with Crippen LogP contribution in [0.3, 0.4) is 0 Å². The summed E-state index contributed by atoms with van der Waals surface area (Å²) in [5.74, 6) is 0.0393. The third-order valence-electron chi connectivity index (χ3n) is 4.54. The number of amides is 1. The van der Waals surface area contributed by atoms with Gasteiger partial charge in [-0.1, -0.05) is 23.7 Å². The van der Waals surface area contributed by atoms with Crippen molar-refractivity contribution >= 4 is 34.2 Å². The van der Waals surface area contributed by atoms with Crippen LogP contribution in [0.15, 0.2) is 48.5 Å². The average molecular weight is 416 g/mol. The first-order valence-corrected chi connectivity index (χ1v) is 9.57. The smallest absolute Gasteiger partial charge is 0.254 e. The van der Waals surface area contributed by atoms with Gasteiger partial charge < -0.3 is 14.5 Å². The summed E-state index contributed by atoms with van der Waals surface area (Å²) in [4.78, 5) is 21.3. The Labute approximate surface area is 174 Å². The largest absolute Gasteiger partial charge is 0.383 e. The highest BCUT2D eigenvalue weighted by Crippen LogP contribution is 2.26. The van der Waals surface area contributed by atoms with E-state index in [1.54, 1.807) is 18.1 Å². The van der Waals surface area contributed by atoms with Crippen LogP contribution in [0, 0.1) is 5.82 Å². The molecule has 1 heterocycles. The zero-order chi connectivity index (χ0) is 21.0. The molecule has 0 aliphatic carbocycles. The molecule has 0 saturated heterocycles. The molecule has 0 unspecified atom stereocenters. The second-order valence-electron chi connectivity index (χ2n) is 6.93. The van der Waals surface area contributed by atoms with E-state index in [1.165, 1.54) is 18.2 Å². The lowest BCUT2D eigenvalue weighted by Crippen LogP contribution is -2.34. The first-order chi connectivity index (χ1) is 13.9. The van der Waals surface area contributed by atoms with E-state index in [4.69, 9.17) is 21.3 Å². The number of halogens is 2. The monoisotopic (exact) mass is 415 g/mol. The van der Waals surface area contributed by atoms with Crippen molar-refractivity contribution in [1.29, 1.82) is 0 Å². The van der Waals surface area contributed by atoms with Crippen molar-refractivity contribution in [2.75, 3.05) is 39.3 Å². The molecule has 1 aromatic heterocycles. The number of carbonyl (C=O) groups excluding carboxylic acids is 1. The van der Waals surface area contributed by atoms with E-state index in [0.29, 0.717) is 30.3 Å². The average Bonchev–Trinajstić information content (AvgIpc) is 2.70. The fourth-order valence-corrected chi connectivity index (χ4v) is 3.31. The van der Waals surface area contributed by atoms with Gasteiger partial charge in [0.05, 0.1) is 12.1 Å². The Bertz CT molecular complexity index is 1030. The van der Waals surface area contributed by atoms with Crippen LogP contribution in [-0.4, -0.2) is 50.1 Å². The van der Waals surface area contributed by atoms with Crippen molar-refractivity contribution in [2.45, 2.75) is 6.54 Å². The highest BCUT2D eigenvalue weighted by Gasteiger charge is 2.20. The number of hydrogen-bond acceptors (Lipinski definition) is 4. The van der Waals surface area contributed by atoms with Crippen LogP contribution < -0.4 is 4.90 Å². The number of nitrogens with zero attached hydrogens (tertiary/aromatic N) is 3. The van der Waals surface area contributed by atoms with Gasteiger partial charge in [0, 0.05) is 55.8 Å². The van der Waals surface area contributed by atoms with Gasteiger partial charge >= 0.3 is 0 Å². The number of anilines is 1. The number of benzene rings is 2. The van der Waals surface area contributed by atoms with Crippen molar-refractivity contribution < 1.29 is 13.9 Å². The predicted octanol–water partition coefficient (Wildman–Crippen LogP) is 4.38. The number of ether oxygens (including phenoxy) is 1. The summed E-state index contributed by atoms with van der Waals surface area (Å²) in [7, 11) is 5.38. The number of carbonyl (C=O) groups is 1. The maximum Gasteiger partial charge on any atom is 0.254 e. The highest BCUT2D eigenvalue weighted by atomic mass is 35.5. The Hall–Kier alpha value is -2.70. The molecule has 0 N–H and O–H groups in total. The van der Waals surface area contributed by atoms with Crippen LogP contribution in [0.4, 0.5) is 10.2 Å². The molecule has 0 fully saturated rings. The molecular weight excluding hydrogens is 393 g/mol. The van der Waals surface area contributed by atoms with Gasteiger partial charge in [-0.05, 0) is 36.4 Å². The van der Waals surface area contributed by atoms with E-state index in [1.807, 2.05) is 43.3 Å². The molecule has 152 valence electrons. The van der Waals surface area contributed by atoms with E-state index < -0.39 is 5.82 Å². The molecule has 0 aliphatic heterocycles. The van der Waals surface area contributed by atoms with Gasteiger partial charge in [-0.2, -0.15) is 0 Å². The summed E-state index contributed by atoms with van der Waals surface area (Å²) in [5.41, 5.74) is 1.96. The van der Waals surface area contributed by atoms with Crippen molar-refractivity contribution in [3.63, 3.8) is 0 Å². The fourth-order valence-electron chi connectivity index (χ4n) is 3.14. The number of hydrogen-bond donors (Lipinski definition) is 0. The lowest BCUT2D eigenvalue weighted by Gasteiger charge is -2.25. The fraction of sp³-hybridized carbons (Fsp3) is 0.273. The van der Waals surface area contributed by atoms with E-state index in [2.05, 4.69) is 0 Å². The third kappa shape index (κ3) is 5.02. The van der Waals surface area contributed by atoms with Crippen LogP contribution in [0.2, 0.25) is 5.02 Å². The molecule has 0 atom stereocenters. The van der Waals surface area contributed by atoms with Crippen LogP contribution in [0.1, 0.15) is 15.9 Å². The van der Waals surface area contributed by atoms with Gasteiger partial charge in [0.2, 0.25) is 0 Å². The Morgan fingerprint density at radius 3 is 2.66 bits per heavy atom. The number of pyridine rings is 1. The SMILES string of the molecule is COCCN(Cc1cc2ccc(Cl)cc2nc1N(C)C)C(=O)c1cccc(F)c1. The third-order valence-corrected chi connectivity index (χ3v) is 4.78. The maximum absolute atomic E-state index is 13.6. The van der Waals surface area contributed by atoms with Gasteiger partial charge in [-0.25, -0.2) is 9.37 Å². The first-order valence-electron chi connectivity index (χ1n) is 9.19. The molecule has 1 amide bonds.